The number of hydrogen-bond donors (Lipinski definition) is 2. The summed E-state index contributed by atoms with van der Waals surface area (Å²) >= 11 is 0. The van der Waals surface area contributed by atoms with Gasteiger partial charge in [-0.1, -0.05) is 45.0 Å². The second-order valence-corrected chi connectivity index (χ2v) is 6.77. The van der Waals surface area contributed by atoms with Gasteiger partial charge in [0.1, 0.15) is 12.1 Å². The summed E-state index contributed by atoms with van der Waals surface area (Å²) in [5.74, 6) is -8.39. The number of aliphatic hydroxyl groups is 1. The first kappa shape index (κ1) is 13.0. The minimum absolute atomic E-state index is 0.192. The number of amides is 2. The molecule has 6 heteroatoms. The van der Waals surface area contributed by atoms with Gasteiger partial charge in [0.15, 0.2) is 5.78 Å². The van der Waals surface area contributed by atoms with E-state index in [9.17, 15) is 19.5 Å². The van der Waals surface area contributed by atoms with Crippen molar-refractivity contribution in [3.63, 3.8) is 0 Å². The van der Waals surface area contributed by atoms with Crippen LogP contribution < -0.4 is 5.32 Å². The Morgan fingerprint density at radius 3 is 2.78 bits per heavy atom. The standard InChI is InChI=1S/C21H30N2O4/c1-12(2)19(25)17(24)10-13(3)20(26)22-18-16-9-7-6-8-15(16)11-14(4)23(5)21(18)27/h6-9,12-14,18-19,25H,10-11H2,1-5H3,(H,22,26)/t13-,14?,18+,19+/m1/s1/i1D3,12D,13D,14D,19D/t12?,13-,14?,18+,19+. The molecule has 0 saturated carbocycles. The van der Waals surface area contributed by atoms with Crippen molar-refractivity contribution >= 4 is 17.6 Å². The molecule has 5 atom stereocenters. The number of hydrogen-bond acceptors (Lipinski definition) is 4. The van der Waals surface area contributed by atoms with Crippen LogP contribution in [0, 0.1) is 11.8 Å². The van der Waals surface area contributed by atoms with Gasteiger partial charge < -0.3 is 15.3 Å². The highest BCUT2D eigenvalue weighted by atomic mass is 16.3. The molecule has 0 spiro atoms. The maximum atomic E-state index is 13.1. The van der Waals surface area contributed by atoms with Crippen LogP contribution >= 0.6 is 0 Å². The molecule has 0 aromatic heterocycles. The maximum absolute atomic E-state index is 13.1. The molecule has 1 aromatic rings. The molecule has 1 aliphatic heterocycles. The summed E-state index contributed by atoms with van der Waals surface area (Å²) in [6.07, 6.45) is -4.30. The Hall–Kier alpha value is -2.21. The summed E-state index contributed by atoms with van der Waals surface area (Å²) < 4.78 is 54.7. The molecule has 148 valence electrons. The van der Waals surface area contributed by atoms with Gasteiger partial charge in [-0.05, 0) is 30.4 Å². The Morgan fingerprint density at radius 1 is 1.44 bits per heavy atom. The highest BCUT2D eigenvalue weighted by Gasteiger charge is 2.34. The number of nitrogens with zero attached hydrogens (tertiary/aromatic N) is 1. The minimum atomic E-state index is -3.42. The molecular weight excluding hydrogens is 344 g/mol. The van der Waals surface area contributed by atoms with E-state index in [0.29, 0.717) is 18.1 Å². The molecule has 1 aliphatic rings. The first-order valence-corrected chi connectivity index (χ1v) is 8.59. The molecule has 6 nitrogen and oxygen atoms in total. The number of nitrogens with one attached hydrogen (secondary N) is 1. The van der Waals surface area contributed by atoms with Crippen molar-refractivity contribution < 1.29 is 29.1 Å². The van der Waals surface area contributed by atoms with E-state index in [2.05, 4.69) is 5.32 Å². The summed E-state index contributed by atoms with van der Waals surface area (Å²) in [4.78, 5) is 39.9. The largest absolute Gasteiger partial charge is 0.385 e. The Balaban J connectivity index is 2.33. The van der Waals surface area contributed by atoms with E-state index in [-0.39, 0.29) is 6.42 Å². The van der Waals surface area contributed by atoms with Crippen LogP contribution in [0.4, 0.5) is 0 Å². The number of benzene rings is 1. The second kappa shape index (κ2) is 8.65. The lowest BCUT2D eigenvalue weighted by molar-refractivity contribution is -0.138. The van der Waals surface area contributed by atoms with Crippen molar-refractivity contribution in [2.45, 2.75) is 58.6 Å². The van der Waals surface area contributed by atoms with E-state index >= 15 is 0 Å². The molecular formula is C21H30N2O4. The van der Waals surface area contributed by atoms with Crippen molar-refractivity contribution in [2.75, 3.05) is 7.05 Å². The number of carbonyl (C=O) groups is 3. The van der Waals surface area contributed by atoms with Crippen molar-refractivity contribution in [2.24, 2.45) is 11.8 Å². The highest BCUT2D eigenvalue weighted by molar-refractivity contribution is 5.93. The molecule has 0 bridgehead atoms. The zero-order valence-electron chi connectivity index (χ0n) is 22.9. The zero-order chi connectivity index (χ0) is 26.5. The number of carbonyl (C=O) groups excluding carboxylic acids is 3. The lowest BCUT2D eigenvalue weighted by Crippen LogP contribution is -2.44. The lowest BCUT2D eigenvalue weighted by Gasteiger charge is -2.26. The van der Waals surface area contributed by atoms with Crippen LogP contribution in [0.15, 0.2) is 24.3 Å². The molecule has 2 unspecified atom stereocenters. The maximum Gasteiger partial charge on any atom is 0.249 e. The molecule has 0 saturated heterocycles. The number of likely N-dealkylation sites (N-methyl/N-ethyl adjacent to an activating group) is 1. The first-order chi connectivity index (χ1) is 15.2. The Labute approximate surface area is 170 Å². The molecule has 1 heterocycles. The Morgan fingerprint density at radius 2 is 2.11 bits per heavy atom. The molecule has 2 N–H and O–H groups in total. The van der Waals surface area contributed by atoms with Crippen LogP contribution in [0.2, 0.25) is 0 Å². The molecule has 0 aliphatic carbocycles. The minimum Gasteiger partial charge on any atom is -0.385 e. The fourth-order valence-corrected chi connectivity index (χ4v) is 2.89. The Kier molecular flexibility index (Phi) is 4.18. The van der Waals surface area contributed by atoms with E-state index in [1.54, 1.807) is 31.2 Å². The van der Waals surface area contributed by atoms with Gasteiger partial charge in [-0.3, -0.25) is 14.4 Å². The van der Waals surface area contributed by atoms with Gasteiger partial charge in [-0.15, -0.1) is 0 Å². The SMILES string of the molecule is [2H]C1(C)Cc2ccccc2[C@H](NC(=O)[C@]([2H])(C)CC(=O)[C@@]([2H])(O)C([2H])(C)C([2H])([2H])[2H])C(=O)N1C. The number of ketones is 1. The third kappa shape index (κ3) is 4.75. The van der Waals surface area contributed by atoms with Crippen LogP contribution in [0.1, 0.15) is 60.8 Å². The van der Waals surface area contributed by atoms with Gasteiger partial charge in [0.25, 0.3) is 0 Å². The van der Waals surface area contributed by atoms with Gasteiger partial charge in [-0.2, -0.15) is 0 Å². The van der Waals surface area contributed by atoms with Gasteiger partial charge in [-0.25, -0.2) is 0 Å². The predicted molar refractivity (Wildman–Crippen MR) is 103 cm³/mol. The number of Topliss-reactive ketones (excluding diaryl/α,β-unsaturated/α-hetero) is 1. The first-order valence-electron chi connectivity index (χ1n) is 12.1. The molecule has 27 heavy (non-hydrogen) atoms. The average molecular weight is 382 g/mol. The van der Waals surface area contributed by atoms with E-state index in [0.717, 1.165) is 6.92 Å². The van der Waals surface area contributed by atoms with Gasteiger partial charge in [0.05, 0.1) is 2.74 Å². The second-order valence-electron chi connectivity index (χ2n) is 6.77. The third-order valence-corrected chi connectivity index (χ3v) is 4.67. The molecule has 0 fully saturated rings. The summed E-state index contributed by atoms with van der Waals surface area (Å²) in [5.41, 5.74) is 1.08. The lowest BCUT2D eigenvalue weighted by atomic mass is 9.94. The van der Waals surface area contributed by atoms with Crippen LogP contribution in [0.25, 0.3) is 0 Å². The molecule has 1 aromatic carbocycles. The van der Waals surface area contributed by atoms with E-state index < -0.39 is 60.8 Å². The normalized spacial score (nSPS) is 33.5. The average Bonchev–Trinajstić information content (AvgIpc) is 2.75. The predicted octanol–water partition coefficient (Wildman–Crippen LogP) is 1.86. The zero-order valence-corrected chi connectivity index (χ0v) is 15.9. The third-order valence-electron chi connectivity index (χ3n) is 4.67. The Bertz CT molecular complexity index is 990. The fourth-order valence-electron chi connectivity index (χ4n) is 2.89. The summed E-state index contributed by atoms with van der Waals surface area (Å²) in [7, 11) is 1.42. The summed E-state index contributed by atoms with van der Waals surface area (Å²) in [6.45, 7) is 0.0975. The van der Waals surface area contributed by atoms with E-state index in [1.165, 1.54) is 11.9 Å². The van der Waals surface area contributed by atoms with Crippen molar-refractivity contribution in [1.82, 2.24) is 10.2 Å². The quantitative estimate of drug-likeness (QED) is 0.787. The van der Waals surface area contributed by atoms with E-state index in [1.807, 2.05) is 0 Å². The highest BCUT2D eigenvalue weighted by Crippen LogP contribution is 2.27. The van der Waals surface area contributed by atoms with E-state index in [4.69, 9.17) is 9.60 Å². The van der Waals surface area contributed by atoms with Crippen molar-refractivity contribution in [3.05, 3.63) is 35.4 Å². The number of rotatable bonds is 6. The fraction of sp³-hybridized carbons (Fsp3) is 0.571. The van der Waals surface area contributed by atoms with Crippen LogP contribution in [0.5, 0.6) is 0 Å². The van der Waals surface area contributed by atoms with Crippen LogP contribution in [-0.2, 0) is 20.8 Å². The van der Waals surface area contributed by atoms with Gasteiger partial charge in [0.2, 0.25) is 11.8 Å². The summed E-state index contributed by atoms with van der Waals surface area (Å²) in [6, 6.07) is 4.17. The summed E-state index contributed by atoms with van der Waals surface area (Å²) in [5, 5.41) is 12.7. The van der Waals surface area contributed by atoms with Crippen molar-refractivity contribution in [1.29, 1.82) is 0 Å². The van der Waals surface area contributed by atoms with Crippen LogP contribution in [0.3, 0.4) is 0 Å². The molecule has 2 rings (SSSR count). The van der Waals surface area contributed by atoms with Crippen molar-refractivity contribution in [3.8, 4) is 0 Å². The number of fused-ring (bicyclic) bond motifs is 1. The molecule has 2 amide bonds. The monoisotopic (exact) mass is 381 g/mol. The van der Waals surface area contributed by atoms with Gasteiger partial charge in [0, 0.05) is 32.2 Å². The van der Waals surface area contributed by atoms with Gasteiger partial charge >= 0.3 is 0 Å². The smallest absolute Gasteiger partial charge is 0.249 e. The topological polar surface area (TPSA) is 86.7 Å². The van der Waals surface area contributed by atoms with Crippen LogP contribution in [-0.4, -0.2) is 46.7 Å². The molecule has 0 radical (unpaired) electrons.